The monoisotopic (exact) mass is 315 g/mol. The number of alkyl halides is 1. The van der Waals surface area contributed by atoms with Crippen LogP contribution in [0.25, 0.3) is 0 Å². The Hall–Kier alpha value is -1.43. The van der Waals surface area contributed by atoms with Crippen molar-refractivity contribution in [1.82, 2.24) is 0 Å². The number of carbonyl (C=O) groups is 1. The molecule has 0 saturated carbocycles. The van der Waals surface area contributed by atoms with Crippen molar-refractivity contribution in [3.8, 4) is 0 Å². The van der Waals surface area contributed by atoms with Gasteiger partial charge in [0.15, 0.2) is 0 Å². The molecule has 1 unspecified atom stereocenters. The molecule has 0 spiro atoms. The van der Waals surface area contributed by atoms with Crippen molar-refractivity contribution < 1.29 is 14.5 Å². The van der Waals surface area contributed by atoms with Gasteiger partial charge in [0.25, 0.3) is 5.69 Å². The summed E-state index contributed by atoms with van der Waals surface area (Å²) < 4.78 is 4.85. The van der Waals surface area contributed by atoms with E-state index in [1.165, 1.54) is 6.07 Å². The number of hydrogen-bond donors (Lipinski definition) is 0. The first-order valence-corrected chi connectivity index (χ1v) is 6.42. The molecule has 18 heavy (non-hydrogen) atoms. The average molecular weight is 316 g/mol. The molecule has 98 valence electrons. The van der Waals surface area contributed by atoms with E-state index in [0.29, 0.717) is 5.56 Å². The zero-order chi connectivity index (χ0) is 13.7. The van der Waals surface area contributed by atoms with E-state index >= 15 is 0 Å². The van der Waals surface area contributed by atoms with Crippen LogP contribution >= 0.6 is 15.9 Å². The third-order valence-electron chi connectivity index (χ3n) is 2.37. The van der Waals surface area contributed by atoms with Crippen molar-refractivity contribution in [1.29, 1.82) is 0 Å². The standard InChI is InChI=1S/C12H14BrNO4/c1-3-18-12(15)10(13)7-9-6-8(2)4-5-11(9)14(16)17/h4-6,10H,3,7H2,1-2H3. The van der Waals surface area contributed by atoms with Gasteiger partial charge in [0.1, 0.15) is 4.83 Å². The molecule has 0 aromatic heterocycles. The minimum absolute atomic E-state index is 0.0225. The summed E-state index contributed by atoms with van der Waals surface area (Å²) in [6.45, 7) is 3.85. The number of aryl methyl sites for hydroxylation is 1. The Balaban J connectivity index is 2.92. The van der Waals surface area contributed by atoms with Crippen molar-refractivity contribution in [3.05, 3.63) is 39.4 Å². The second-order valence-electron chi connectivity index (χ2n) is 3.81. The highest BCUT2D eigenvalue weighted by Gasteiger charge is 2.22. The normalized spacial score (nSPS) is 11.9. The van der Waals surface area contributed by atoms with Gasteiger partial charge in [-0.15, -0.1) is 0 Å². The van der Waals surface area contributed by atoms with Gasteiger partial charge in [-0.25, -0.2) is 0 Å². The predicted molar refractivity (Wildman–Crippen MR) is 70.9 cm³/mol. The lowest BCUT2D eigenvalue weighted by Gasteiger charge is -2.09. The summed E-state index contributed by atoms with van der Waals surface area (Å²) in [5, 5.41) is 10.9. The van der Waals surface area contributed by atoms with Crippen LogP contribution < -0.4 is 0 Å². The molecule has 0 amide bonds. The fraction of sp³-hybridized carbons (Fsp3) is 0.417. The molecule has 6 heteroatoms. The summed E-state index contributed by atoms with van der Waals surface area (Å²) in [4.78, 5) is 21.3. The van der Waals surface area contributed by atoms with E-state index < -0.39 is 15.7 Å². The molecule has 0 bridgehead atoms. The fourth-order valence-electron chi connectivity index (χ4n) is 1.56. The minimum atomic E-state index is -0.571. The van der Waals surface area contributed by atoms with Gasteiger partial charge in [-0.1, -0.05) is 27.6 Å². The van der Waals surface area contributed by atoms with Crippen molar-refractivity contribution >= 4 is 27.6 Å². The second-order valence-corrected chi connectivity index (χ2v) is 4.92. The highest BCUT2D eigenvalue weighted by atomic mass is 79.9. The summed E-state index contributed by atoms with van der Waals surface area (Å²) in [6.07, 6.45) is 0.233. The van der Waals surface area contributed by atoms with Gasteiger partial charge in [0.2, 0.25) is 0 Å². The first-order chi connectivity index (χ1) is 8.45. The molecule has 0 heterocycles. The van der Waals surface area contributed by atoms with Gasteiger partial charge in [-0.05, 0) is 19.9 Å². The summed E-state index contributed by atoms with van der Waals surface area (Å²) in [7, 11) is 0. The third kappa shape index (κ3) is 3.80. The lowest BCUT2D eigenvalue weighted by molar-refractivity contribution is -0.385. The van der Waals surface area contributed by atoms with Crippen molar-refractivity contribution in [2.45, 2.75) is 25.1 Å². The topological polar surface area (TPSA) is 69.4 Å². The Morgan fingerprint density at radius 1 is 1.56 bits per heavy atom. The van der Waals surface area contributed by atoms with E-state index in [1.54, 1.807) is 19.1 Å². The van der Waals surface area contributed by atoms with Gasteiger partial charge in [0.05, 0.1) is 11.5 Å². The van der Waals surface area contributed by atoms with E-state index in [0.717, 1.165) is 5.56 Å². The van der Waals surface area contributed by atoms with Crippen LogP contribution in [0.2, 0.25) is 0 Å². The summed E-state index contributed by atoms with van der Waals surface area (Å²) in [5.74, 6) is -0.409. The zero-order valence-electron chi connectivity index (χ0n) is 10.2. The lowest BCUT2D eigenvalue weighted by atomic mass is 10.0. The van der Waals surface area contributed by atoms with Crippen LogP contribution in [-0.2, 0) is 16.0 Å². The van der Waals surface area contributed by atoms with E-state index in [2.05, 4.69) is 15.9 Å². The van der Waals surface area contributed by atoms with Crippen molar-refractivity contribution in [2.24, 2.45) is 0 Å². The van der Waals surface area contributed by atoms with Crippen LogP contribution in [0.3, 0.4) is 0 Å². The second kappa shape index (κ2) is 6.49. The van der Waals surface area contributed by atoms with E-state index in [9.17, 15) is 14.9 Å². The SMILES string of the molecule is CCOC(=O)C(Br)Cc1cc(C)ccc1[N+](=O)[O-]. The quantitative estimate of drug-likeness (QED) is 0.362. The molecule has 1 aromatic rings. The molecular formula is C12H14BrNO4. The van der Waals surface area contributed by atoms with E-state index in [-0.39, 0.29) is 18.7 Å². The number of nitro benzene ring substituents is 1. The summed E-state index contributed by atoms with van der Waals surface area (Å²) in [6, 6.07) is 4.84. The van der Waals surface area contributed by atoms with E-state index in [4.69, 9.17) is 4.74 Å². The van der Waals surface area contributed by atoms with Crippen molar-refractivity contribution in [3.63, 3.8) is 0 Å². The smallest absolute Gasteiger partial charge is 0.320 e. The molecule has 1 rings (SSSR count). The molecule has 0 aliphatic carbocycles. The van der Waals surface area contributed by atoms with Crippen LogP contribution in [-0.4, -0.2) is 22.3 Å². The maximum atomic E-state index is 11.5. The van der Waals surface area contributed by atoms with Crippen LogP contribution in [0.15, 0.2) is 18.2 Å². The maximum Gasteiger partial charge on any atom is 0.320 e. The van der Waals surface area contributed by atoms with Gasteiger partial charge in [-0.3, -0.25) is 14.9 Å². The maximum absolute atomic E-state index is 11.5. The van der Waals surface area contributed by atoms with Gasteiger partial charge >= 0.3 is 5.97 Å². The Morgan fingerprint density at radius 3 is 2.78 bits per heavy atom. The number of esters is 1. The molecule has 0 aliphatic heterocycles. The van der Waals surface area contributed by atoms with Crippen LogP contribution in [0.5, 0.6) is 0 Å². The molecule has 5 nitrogen and oxygen atoms in total. The summed E-state index contributed by atoms with van der Waals surface area (Å²) in [5.41, 5.74) is 1.46. The molecule has 0 radical (unpaired) electrons. The highest BCUT2D eigenvalue weighted by molar-refractivity contribution is 9.10. The highest BCUT2D eigenvalue weighted by Crippen LogP contribution is 2.23. The molecular weight excluding hydrogens is 302 g/mol. The van der Waals surface area contributed by atoms with Crippen LogP contribution in [0.4, 0.5) is 5.69 Å². The average Bonchev–Trinajstić information content (AvgIpc) is 2.28. The van der Waals surface area contributed by atoms with Crippen LogP contribution in [0, 0.1) is 17.0 Å². The Labute approximate surface area is 113 Å². The first kappa shape index (κ1) is 14.6. The van der Waals surface area contributed by atoms with Crippen molar-refractivity contribution in [2.75, 3.05) is 6.61 Å². The first-order valence-electron chi connectivity index (χ1n) is 5.50. The zero-order valence-corrected chi connectivity index (χ0v) is 11.8. The molecule has 0 N–H and O–H groups in total. The number of halogens is 1. The largest absolute Gasteiger partial charge is 0.465 e. The molecule has 0 aliphatic rings. The number of rotatable bonds is 5. The Bertz CT molecular complexity index is 461. The predicted octanol–water partition coefficient (Wildman–Crippen LogP) is 2.77. The third-order valence-corrected chi connectivity index (χ3v) is 3.07. The summed E-state index contributed by atoms with van der Waals surface area (Å²) >= 11 is 3.19. The number of carbonyl (C=O) groups excluding carboxylic acids is 1. The Kier molecular flexibility index (Phi) is 5.27. The van der Waals surface area contributed by atoms with E-state index in [1.807, 2.05) is 6.92 Å². The number of ether oxygens (including phenoxy) is 1. The molecule has 0 fully saturated rings. The number of benzene rings is 1. The van der Waals surface area contributed by atoms with Gasteiger partial charge < -0.3 is 4.74 Å². The number of hydrogen-bond acceptors (Lipinski definition) is 4. The fourth-order valence-corrected chi connectivity index (χ4v) is 2.05. The Morgan fingerprint density at radius 2 is 2.22 bits per heavy atom. The van der Waals surface area contributed by atoms with Gasteiger partial charge in [0, 0.05) is 18.1 Å². The lowest BCUT2D eigenvalue weighted by Crippen LogP contribution is -2.20. The molecule has 1 atom stereocenters. The molecule has 0 saturated heterocycles. The minimum Gasteiger partial charge on any atom is -0.465 e. The number of nitrogens with zero attached hydrogens (tertiary/aromatic N) is 1. The number of nitro groups is 1. The van der Waals surface area contributed by atoms with Crippen LogP contribution in [0.1, 0.15) is 18.1 Å². The van der Waals surface area contributed by atoms with Gasteiger partial charge in [-0.2, -0.15) is 0 Å². The molecule has 1 aromatic carbocycles.